The van der Waals surface area contributed by atoms with Crippen LogP contribution in [0.15, 0.2) is 42.5 Å². The summed E-state index contributed by atoms with van der Waals surface area (Å²) in [5, 5.41) is 3.64. The minimum absolute atomic E-state index is 0.0275. The number of hydrogen-bond acceptors (Lipinski definition) is 7. The van der Waals surface area contributed by atoms with Crippen LogP contribution in [-0.2, 0) is 4.74 Å². The molecular formula is C26H31N3O4. The Morgan fingerprint density at radius 2 is 1.58 bits per heavy atom. The fourth-order valence-electron chi connectivity index (χ4n) is 7.37. The molecule has 4 saturated heterocycles. The third-order valence-electron chi connectivity index (χ3n) is 8.07. The summed E-state index contributed by atoms with van der Waals surface area (Å²) in [5.41, 5.74) is 3.05. The molecule has 1 atom stereocenters. The molecule has 0 amide bonds. The molecule has 0 unspecified atom stereocenters. The lowest BCUT2D eigenvalue weighted by molar-refractivity contribution is -0.221. The summed E-state index contributed by atoms with van der Waals surface area (Å²) >= 11 is 0. The molecular weight excluding hydrogens is 418 g/mol. The predicted molar refractivity (Wildman–Crippen MR) is 123 cm³/mol. The number of fused-ring (bicyclic) bond motifs is 1. The molecule has 7 rings (SSSR count). The van der Waals surface area contributed by atoms with Crippen LogP contribution in [0.25, 0.3) is 0 Å². The standard InChI is InChI=1S/C26H31N3O4/c1-25-12-28-14-26(2,21(25)16-8-6-5-7-9-16)15-29(13-25)24(28)27-22-17-10-11-18(31-3)20(32-4)19(17)23(30)33-22/h5-11,21-22,24,27H,12-15H2,1-4H3/t21?,22-,24?,25?,26?/m1/s1. The van der Waals surface area contributed by atoms with E-state index in [1.807, 2.05) is 12.1 Å². The van der Waals surface area contributed by atoms with Gasteiger partial charge in [-0.25, -0.2) is 10.1 Å². The maximum Gasteiger partial charge on any atom is 0.344 e. The van der Waals surface area contributed by atoms with Crippen molar-refractivity contribution in [1.82, 2.24) is 15.1 Å². The monoisotopic (exact) mass is 449 g/mol. The largest absolute Gasteiger partial charge is 0.493 e. The molecule has 7 nitrogen and oxygen atoms in total. The highest BCUT2D eigenvalue weighted by molar-refractivity contribution is 5.98. The first-order valence-corrected chi connectivity index (χ1v) is 11.6. The van der Waals surface area contributed by atoms with E-state index in [9.17, 15) is 4.79 Å². The topological polar surface area (TPSA) is 63.3 Å². The van der Waals surface area contributed by atoms with Crippen molar-refractivity contribution in [2.24, 2.45) is 10.8 Å². The van der Waals surface area contributed by atoms with Gasteiger partial charge < -0.3 is 14.2 Å². The van der Waals surface area contributed by atoms with Crippen LogP contribution in [0.4, 0.5) is 0 Å². The van der Waals surface area contributed by atoms with Gasteiger partial charge in [0.05, 0.1) is 14.2 Å². The average Bonchev–Trinajstić information content (AvgIpc) is 3.10. The highest BCUT2D eigenvalue weighted by Gasteiger charge is 2.62. The minimum atomic E-state index is -0.514. The first-order chi connectivity index (χ1) is 15.9. The molecule has 0 saturated carbocycles. The average molecular weight is 450 g/mol. The number of methoxy groups -OCH3 is 2. The molecule has 7 heteroatoms. The molecule has 5 heterocycles. The number of nitrogens with zero attached hydrogens (tertiary/aromatic N) is 2. The summed E-state index contributed by atoms with van der Waals surface area (Å²) in [4.78, 5) is 17.8. The van der Waals surface area contributed by atoms with Crippen LogP contribution < -0.4 is 14.8 Å². The SMILES string of the molecule is COc1ccc2c(c1OC)C(=O)O[C@H]2NC1N2CC3(C)CN1CC(C)(C2)C3c1ccccc1. The number of rotatable bonds is 5. The zero-order valence-corrected chi connectivity index (χ0v) is 19.6. The Labute approximate surface area is 194 Å². The molecule has 33 heavy (non-hydrogen) atoms. The molecule has 5 aliphatic heterocycles. The number of piperidine rings is 2. The van der Waals surface area contributed by atoms with Crippen molar-refractivity contribution in [2.75, 3.05) is 40.4 Å². The van der Waals surface area contributed by atoms with Gasteiger partial charge in [0.2, 0.25) is 0 Å². The van der Waals surface area contributed by atoms with Crippen LogP contribution in [0.1, 0.15) is 47.5 Å². The number of ether oxygens (including phenoxy) is 3. The fourth-order valence-corrected chi connectivity index (χ4v) is 7.37. The zero-order chi connectivity index (χ0) is 23.0. The third kappa shape index (κ3) is 2.95. The number of cyclic esters (lactones) is 1. The number of carbonyl (C=O) groups excluding carboxylic acids is 1. The van der Waals surface area contributed by atoms with Crippen molar-refractivity contribution in [3.63, 3.8) is 0 Å². The third-order valence-corrected chi connectivity index (χ3v) is 8.07. The summed E-state index contributed by atoms with van der Waals surface area (Å²) < 4.78 is 16.6. The van der Waals surface area contributed by atoms with Gasteiger partial charge in [-0.05, 0) is 23.6 Å². The Bertz CT molecular complexity index is 1070. The van der Waals surface area contributed by atoms with Crippen molar-refractivity contribution in [3.05, 3.63) is 59.2 Å². The van der Waals surface area contributed by atoms with Gasteiger partial charge in [-0.3, -0.25) is 9.80 Å². The number of benzene rings is 2. The molecule has 2 aromatic rings. The Morgan fingerprint density at radius 1 is 0.939 bits per heavy atom. The molecule has 0 aromatic heterocycles. The second-order valence-electron chi connectivity index (χ2n) is 10.6. The Kier molecular flexibility index (Phi) is 4.57. The van der Waals surface area contributed by atoms with Crippen molar-refractivity contribution < 1.29 is 19.0 Å². The van der Waals surface area contributed by atoms with E-state index in [1.165, 1.54) is 5.56 Å². The molecule has 2 aromatic carbocycles. The first-order valence-electron chi connectivity index (χ1n) is 11.6. The first kappa shape index (κ1) is 21.0. The highest BCUT2D eigenvalue weighted by Crippen LogP contribution is 2.59. The molecule has 0 aliphatic carbocycles. The normalized spacial score (nSPS) is 38.2. The number of hydrogen-bond donors (Lipinski definition) is 1. The molecule has 4 fully saturated rings. The quantitative estimate of drug-likeness (QED) is 0.704. The van der Waals surface area contributed by atoms with Gasteiger partial charge in [0.1, 0.15) is 11.9 Å². The van der Waals surface area contributed by atoms with Crippen LogP contribution >= 0.6 is 0 Å². The van der Waals surface area contributed by atoms with Crippen LogP contribution in [0.3, 0.4) is 0 Å². The van der Waals surface area contributed by atoms with Gasteiger partial charge in [-0.1, -0.05) is 44.2 Å². The Balaban J connectivity index is 1.28. The molecule has 174 valence electrons. The minimum Gasteiger partial charge on any atom is -0.493 e. The summed E-state index contributed by atoms with van der Waals surface area (Å²) in [7, 11) is 3.12. The van der Waals surface area contributed by atoms with Crippen LogP contribution in [0.2, 0.25) is 0 Å². The van der Waals surface area contributed by atoms with E-state index in [2.05, 4.69) is 59.3 Å². The number of esters is 1. The second-order valence-corrected chi connectivity index (χ2v) is 10.6. The van der Waals surface area contributed by atoms with E-state index >= 15 is 0 Å². The van der Waals surface area contributed by atoms with Crippen molar-refractivity contribution in [1.29, 1.82) is 0 Å². The zero-order valence-electron chi connectivity index (χ0n) is 19.6. The summed E-state index contributed by atoms with van der Waals surface area (Å²) in [6.07, 6.45) is -0.486. The van der Waals surface area contributed by atoms with Crippen LogP contribution in [0, 0.1) is 10.8 Å². The van der Waals surface area contributed by atoms with E-state index in [1.54, 1.807) is 14.2 Å². The van der Waals surface area contributed by atoms with Gasteiger partial charge in [0.15, 0.2) is 17.7 Å². The van der Waals surface area contributed by atoms with Gasteiger partial charge >= 0.3 is 5.97 Å². The lowest BCUT2D eigenvalue weighted by Gasteiger charge is -2.69. The molecule has 0 radical (unpaired) electrons. The summed E-state index contributed by atoms with van der Waals surface area (Å²) in [6.45, 7) is 8.90. The van der Waals surface area contributed by atoms with E-state index in [-0.39, 0.29) is 23.1 Å². The van der Waals surface area contributed by atoms with E-state index < -0.39 is 6.23 Å². The van der Waals surface area contributed by atoms with Crippen LogP contribution in [0.5, 0.6) is 11.5 Å². The Hall–Kier alpha value is -2.61. The van der Waals surface area contributed by atoms with Crippen molar-refractivity contribution >= 4 is 5.97 Å². The lowest BCUT2D eigenvalue weighted by Crippen LogP contribution is -2.79. The van der Waals surface area contributed by atoms with Crippen molar-refractivity contribution in [2.45, 2.75) is 32.3 Å². The van der Waals surface area contributed by atoms with Gasteiger partial charge in [-0.2, -0.15) is 0 Å². The maximum atomic E-state index is 12.7. The fraction of sp³-hybridized carbons (Fsp3) is 0.500. The van der Waals surface area contributed by atoms with Crippen molar-refractivity contribution in [3.8, 4) is 11.5 Å². The van der Waals surface area contributed by atoms with E-state index in [0.717, 1.165) is 31.7 Å². The summed E-state index contributed by atoms with van der Waals surface area (Å²) in [6, 6.07) is 14.7. The number of nitrogens with one attached hydrogen (secondary N) is 1. The maximum absolute atomic E-state index is 12.7. The number of carbonyl (C=O) groups is 1. The molecule has 4 bridgehead atoms. The second kappa shape index (κ2) is 7.19. The summed E-state index contributed by atoms with van der Waals surface area (Å²) in [5.74, 6) is 1.11. The van der Waals surface area contributed by atoms with E-state index in [4.69, 9.17) is 14.2 Å². The predicted octanol–water partition coefficient (Wildman–Crippen LogP) is 3.19. The lowest BCUT2D eigenvalue weighted by atomic mass is 9.53. The Morgan fingerprint density at radius 3 is 2.15 bits per heavy atom. The van der Waals surface area contributed by atoms with Gasteiger partial charge in [0, 0.05) is 42.6 Å². The van der Waals surface area contributed by atoms with Gasteiger partial charge in [0.25, 0.3) is 0 Å². The highest BCUT2D eigenvalue weighted by atomic mass is 16.6. The van der Waals surface area contributed by atoms with Gasteiger partial charge in [-0.15, -0.1) is 0 Å². The van der Waals surface area contributed by atoms with Crippen LogP contribution in [-0.4, -0.2) is 62.5 Å². The molecule has 5 aliphatic rings. The smallest absolute Gasteiger partial charge is 0.344 e. The molecule has 1 N–H and O–H groups in total. The molecule has 0 spiro atoms. The van der Waals surface area contributed by atoms with E-state index in [0.29, 0.717) is 23.0 Å².